The third-order valence-corrected chi connectivity index (χ3v) is 5.29. The van der Waals surface area contributed by atoms with E-state index in [4.69, 9.17) is 0 Å². The van der Waals surface area contributed by atoms with Crippen LogP contribution in [0.4, 0.5) is 15.2 Å². The normalized spacial score (nSPS) is 10.4. The fraction of sp³-hybridized carbons (Fsp3) is 0.111. The first-order chi connectivity index (χ1) is 13.1. The number of carbonyl (C=O) groups is 2. The van der Waals surface area contributed by atoms with Crippen LogP contribution in [0.15, 0.2) is 58.9 Å². The van der Waals surface area contributed by atoms with Crippen molar-refractivity contribution in [1.29, 1.82) is 0 Å². The van der Waals surface area contributed by atoms with Crippen LogP contribution in [0.3, 0.4) is 0 Å². The zero-order valence-electron chi connectivity index (χ0n) is 14.0. The number of anilines is 2. The van der Waals surface area contributed by atoms with E-state index in [1.54, 1.807) is 12.1 Å². The van der Waals surface area contributed by atoms with Gasteiger partial charge in [-0.2, -0.15) is 0 Å². The van der Waals surface area contributed by atoms with E-state index in [9.17, 15) is 14.0 Å². The van der Waals surface area contributed by atoms with Crippen molar-refractivity contribution in [2.24, 2.45) is 0 Å². The Hall–Kier alpha value is -2.78. The first-order valence-electron chi connectivity index (χ1n) is 7.94. The lowest BCUT2D eigenvalue weighted by molar-refractivity contribution is -0.115. The highest BCUT2D eigenvalue weighted by Crippen LogP contribution is 2.25. The molecule has 1 heterocycles. The van der Waals surface area contributed by atoms with Gasteiger partial charge in [-0.25, -0.2) is 4.39 Å². The lowest BCUT2D eigenvalue weighted by Gasteiger charge is -2.03. The van der Waals surface area contributed by atoms with Crippen LogP contribution in [0.2, 0.25) is 0 Å². The van der Waals surface area contributed by atoms with Crippen molar-refractivity contribution in [3.05, 3.63) is 66.0 Å². The molecule has 0 fully saturated rings. The second-order valence-electron chi connectivity index (χ2n) is 5.43. The SMILES string of the molecule is O=C(CSc1nnc(NC(=O)Cc2ccc(F)cc2)s1)Nc1ccccc1. The molecule has 27 heavy (non-hydrogen) atoms. The second-order valence-corrected chi connectivity index (χ2v) is 7.63. The van der Waals surface area contributed by atoms with E-state index in [2.05, 4.69) is 20.8 Å². The average Bonchev–Trinajstić information content (AvgIpc) is 3.10. The number of hydrogen-bond acceptors (Lipinski definition) is 6. The summed E-state index contributed by atoms with van der Waals surface area (Å²) in [6, 6.07) is 14.9. The molecule has 0 radical (unpaired) electrons. The Morgan fingerprint density at radius 3 is 2.44 bits per heavy atom. The molecule has 6 nitrogen and oxygen atoms in total. The number of nitrogens with zero attached hydrogens (tertiary/aromatic N) is 2. The van der Waals surface area contributed by atoms with Gasteiger partial charge in [-0.05, 0) is 29.8 Å². The van der Waals surface area contributed by atoms with Crippen LogP contribution in [0.5, 0.6) is 0 Å². The standard InChI is InChI=1S/C18H15FN4O2S2/c19-13-8-6-12(7-9-13)10-15(24)21-17-22-23-18(27-17)26-11-16(25)20-14-4-2-1-3-5-14/h1-9H,10-11H2,(H,20,25)(H,21,22,24). The maximum Gasteiger partial charge on any atom is 0.234 e. The van der Waals surface area contributed by atoms with Crippen molar-refractivity contribution in [1.82, 2.24) is 10.2 Å². The van der Waals surface area contributed by atoms with Gasteiger partial charge in [0.05, 0.1) is 12.2 Å². The molecule has 0 aliphatic rings. The molecule has 0 aliphatic heterocycles. The third-order valence-electron chi connectivity index (χ3n) is 3.32. The molecule has 0 bridgehead atoms. The van der Waals surface area contributed by atoms with Gasteiger partial charge in [0.25, 0.3) is 0 Å². The molecular formula is C18H15FN4O2S2. The largest absolute Gasteiger partial charge is 0.325 e. The van der Waals surface area contributed by atoms with Gasteiger partial charge >= 0.3 is 0 Å². The number of halogens is 1. The number of carbonyl (C=O) groups excluding carboxylic acids is 2. The summed E-state index contributed by atoms with van der Waals surface area (Å²) in [5.41, 5.74) is 1.43. The van der Waals surface area contributed by atoms with Crippen LogP contribution in [0, 0.1) is 5.82 Å². The fourth-order valence-corrected chi connectivity index (χ4v) is 3.68. The molecular weight excluding hydrogens is 387 g/mol. The van der Waals surface area contributed by atoms with Crippen molar-refractivity contribution < 1.29 is 14.0 Å². The monoisotopic (exact) mass is 402 g/mol. The summed E-state index contributed by atoms with van der Waals surface area (Å²) in [5.74, 6) is -0.576. The Labute approximate surface area is 163 Å². The van der Waals surface area contributed by atoms with E-state index < -0.39 is 0 Å². The molecule has 2 aromatic carbocycles. The maximum absolute atomic E-state index is 12.9. The number of para-hydroxylation sites is 1. The molecule has 0 unspecified atom stereocenters. The zero-order chi connectivity index (χ0) is 19.1. The molecule has 0 aliphatic carbocycles. The highest BCUT2D eigenvalue weighted by molar-refractivity contribution is 8.01. The molecule has 0 spiro atoms. The Kier molecular flexibility index (Phi) is 6.50. The van der Waals surface area contributed by atoms with Crippen LogP contribution >= 0.6 is 23.1 Å². The number of benzene rings is 2. The van der Waals surface area contributed by atoms with E-state index in [1.807, 2.05) is 30.3 Å². The molecule has 2 N–H and O–H groups in total. The minimum atomic E-state index is -0.346. The molecule has 9 heteroatoms. The van der Waals surface area contributed by atoms with E-state index in [0.29, 0.717) is 15.0 Å². The van der Waals surface area contributed by atoms with Gasteiger partial charge in [0.15, 0.2) is 4.34 Å². The highest BCUT2D eigenvalue weighted by Gasteiger charge is 2.11. The summed E-state index contributed by atoms with van der Waals surface area (Å²) in [6.07, 6.45) is 0.113. The Balaban J connectivity index is 1.45. The molecule has 3 rings (SSSR count). The van der Waals surface area contributed by atoms with Gasteiger partial charge in [0.1, 0.15) is 5.82 Å². The molecule has 0 atom stereocenters. The number of nitrogens with one attached hydrogen (secondary N) is 2. The maximum atomic E-state index is 12.9. The van der Waals surface area contributed by atoms with Gasteiger partial charge in [-0.15, -0.1) is 10.2 Å². The highest BCUT2D eigenvalue weighted by atomic mass is 32.2. The van der Waals surface area contributed by atoms with Crippen LogP contribution < -0.4 is 10.6 Å². The topological polar surface area (TPSA) is 84.0 Å². The molecule has 0 saturated heterocycles. The van der Waals surface area contributed by atoms with Crippen LogP contribution in [-0.4, -0.2) is 27.8 Å². The van der Waals surface area contributed by atoms with Crippen LogP contribution in [-0.2, 0) is 16.0 Å². The molecule has 3 aromatic rings. The first kappa shape index (κ1) is 19.0. The van der Waals surface area contributed by atoms with Gasteiger partial charge < -0.3 is 10.6 Å². The summed E-state index contributed by atoms with van der Waals surface area (Å²) < 4.78 is 13.5. The number of hydrogen-bond donors (Lipinski definition) is 2. The molecule has 0 saturated carbocycles. The predicted molar refractivity (Wildman–Crippen MR) is 104 cm³/mol. The van der Waals surface area contributed by atoms with Crippen molar-refractivity contribution in [3.8, 4) is 0 Å². The van der Waals surface area contributed by atoms with Crippen molar-refractivity contribution >= 4 is 45.7 Å². The van der Waals surface area contributed by atoms with Crippen molar-refractivity contribution in [2.45, 2.75) is 10.8 Å². The minimum Gasteiger partial charge on any atom is -0.325 e. The first-order valence-corrected chi connectivity index (χ1v) is 9.74. The summed E-state index contributed by atoms with van der Waals surface area (Å²) >= 11 is 2.43. The Morgan fingerprint density at radius 1 is 0.963 bits per heavy atom. The summed E-state index contributed by atoms with van der Waals surface area (Å²) in [7, 11) is 0. The van der Waals surface area contributed by atoms with Crippen molar-refractivity contribution in [3.63, 3.8) is 0 Å². The Bertz CT molecular complexity index is 917. The van der Waals surface area contributed by atoms with Crippen LogP contribution in [0.25, 0.3) is 0 Å². The van der Waals surface area contributed by atoms with E-state index in [-0.39, 0.29) is 29.8 Å². The number of amides is 2. The van der Waals surface area contributed by atoms with Crippen molar-refractivity contribution in [2.75, 3.05) is 16.4 Å². The van der Waals surface area contributed by atoms with Crippen LogP contribution in [0.1, 0.15) is 5.56 Å². The van der Waals surface area contributed by atoms with E-state index in [0.717, 1.165) is 5.69 Å². The van der Waals surface area contributed by atoms with E-state index >= 15 is 0 Å². The number of thioether (sulfide) groups is 1. The Morgan fingerprint density at radius 2 is 1.70 bits per heavy atom. The lowest BCUT2D eigenvalue weighted by Crippen LogP contribution is -2.14. The fourth-order valence-electron chi connectivity index (χ4n) is 2.12. The van der Waals surface area contributed by atoms with Gasteiger partial charge in [0, 0.05) is 5.69 Å². The minimum absolute atomic E-state index is 0.113. The quantitative estimate of drug-likeness (QED) is 0.466. The molecule has 1 aromatic heterocycles. The third kappa shape index (κ3) is 6.15. The van der Waals surface area contributed by atoms with E-state index in [1.165, 1.54) is 35.2 Å². The zero-order valence-corrected chi connectivity index (χ0v) is 15.6. The summed E-state index contributed by atoms with van der Waals surface area (Å²) in [5, 5.41) is 13.6. The summed E-state index contributed by atoms with van der Waals surface area (Å²) in [6.45, 7) is 0. The predicted octanol–water partition coefficient (Wildman–Crippen LogP) is 3.59. The van der Waals surface area contributed by atoms with Gasteiger partial charge in [0.2, 0.25) is 16.9 Å². The number of rotatable bonds is 7. The number of aromatic nitrogens is 2. The summed E-state index contributed by atoms with van der Waals surface area (Å²) in [4.78, 5) is 23.9. The smallest absolute Gasteiger partial charge is 0.234 e. The molecule has 138 valence electrons. The van der Waals surface area contributed by atoms with Gasteiger partial charge in [-0.3, -0.25) is 9.59 Å². The molecule has 2 amide bonds. The van der Waals surface area contributed by atoms with Gasteiger partial charge in [-0.1, -0.05) is 53.4 Å². The lowest BCUT2D eigenvalue weighted by atomic mass is 10.1. The second kappa shape index (κ2) is 9.24. The average molecular weight is 402 g/mol.